The van der Waals surface area contributed by atoms with Crippen LogP contribution in [0.3, 0.4) is 0 Å². The zero-order valence-corrected chi connectivity index (χ0v) is 9.89. The Hall–Kier alpha value is -1.12. The molecule has 1 aromatic carbocycles. The second-order valence-corrected chi connectivity index (χ2v) is 4.15. The minimum Gasteiger partial charge on any atom is -0.375 e. The first kappa shape index (κ1) is 11.4. The molecule has 0 saturated heterocycles. The molecule has 2 heteroatoms. The van der Waals surface area contributed by atoms with Gasteiger partial charge in [0.05, 0.1) is 12.1 Å². The zero-order valence-electron chi connectivity index (χ0n) is 9.89. The molecule has 0 bridgehead atoms. The summed E-state index contributed by atoms with van der Waals surface area (Å²) in [7, 11) is 1.76. The summed E-state index contributed by atoms with van der Waals surface area (Å²) in [5, 5.41) is 3.61. The van der Waals surface area contributed by atoms with Gasteiger partial charge in [0.15, 0.2) is 0 Å². The van der Waals surface area contributed by atoms with Gasteiger partial charge >= 0.3 is 0 Å². The Morgan fingerprint density at radius 1 is 1.19 bits per heavy atom. The molecule has 0 unspecified atom stereocenters. The largest absolute Gasteiger partial charge is 0.375 e. The standard InChI is InChI=1S/C14H19NO/c1-3-12-9-10-13(16-2)14(15-12)11-7-5-4-6-8-11/h4-10,12-15H,3H2,1-2H3/t12-,13-,14+/m0/s1. The van der Waals surface area contributed by atoms with Crippen LogP contribution in [0.5, 0.6) is 0 Å². The first-order valence-corrected chi connectivity index (χ1v) is 5.87. The van der Waals surface area contributed by atoms with Crippen LogP contribution in [0.4, 0.5) is 0 Å². The lowest BCUT2D eigenvalue weighted by Gasteiger charge is -2.32. The van der Waals surface area contributed by atoms with E-state index in [-0.39, 0.29) is 12.1 Å². The van der Waals surface area contributed by atoms with Crippen LogP contribution >= 0.6 is 0 Å². The van der Waals surface area contributed by atoms with Gasteiger partial charge in [-0.25, -0.2) is 0 Å². The van der Waals surface area contributed by atoms with Gasteiger partial charge in [0.1, 0.15) is 0 Å². The Kier molecular flexibility index (Phi) is 3.75. The maximum Gasteiger partial charge on any atom is 0.0947 e. The van der Waals surface area contributed by atoms with E-state index < -0.39 is 0 Å². The summed E-state index contributed by atoms with van der Waals surface area (Å²) in [5.41, 5.74) is 1.29. The topological polar surface area (TPSA) is 21.3 Å². The molecule has 3 atom stereocenters. The van der Waals surface area contributed by atoms with Crippen molar-refractivity contribution in [2.45, 2.75) is 31.5 Å². The highest BCUT2D eigenvalue weighted by Crippen LogP contribution is 2.24. The monoisotopic (exact) mass is 217 g/mol. The highest BCUT2D eigenvalue weighted by atomic mass is 16.5. The van der Waals surface area contributed by atoms with E-state index in [2.05, 4.69) is 48.7 Å². The molecule has 1 heterocycles. The lowest BCUT2D eigenvalue weighted by atomic mass is 9.95. The molecule has 1 aromatic rings. The highest BCUT2D eigenvalue weighted by molar-refractivity contribution is 5.24. The number of ether oxygens (including phenoxy) is 1. The maximum absolute atomic E-state index is 5.50. The van der Waals surface area contributed by atoms with Crippen LogP contribution in [0.1, 0.15) is 24.9 Å². The van der Waals surface area contributed by atoms with Crippen molar-refractivity contribution >= 4 is 0 Å². The van der Waals surface area contributed by atoms with Gasteiger partial charge in [-0.15, -0.1) is 0 Å². The van der Waals surface area contributed by atoms with Gasteiger partial charge in [0.25, 0.3) is 0 Å². The summed E-state index contributed by atoms with van der Waals surface area (Å²) in [6.45, 7) is 2.19. The fourth-order valence-corrected chi connectivity index (χ4v) is 2.15. The number of methoxy groups -OCH3 is 1. The van der Waals surface area contributed by atoms with Gasteiger partial charge in [0.2, 0.25) is 0 Å². The van der Waals surface area contributed by atoms with Crippen molar-refractivity contribution < 1.29 is 4.74 Å². The number of hydrogen-bond donors (Lipinski definition) is 1. The average molecular weight is 217 g/mol. The fraction of sp³-hybridized carbons (Fsp3) is 0.429. The molecule has 0 amide bonds. The van der Waals surface area contributed by atoms with Gasteiger partial charge < -0.3 is 10.1 Å². The molecule has 2 nitrogen and oxygen atoms in total. The minimum absolute atomic E-state index is 0.130. The Balaban J connectivity index is 2.21. The van der Waals surface area contributed by atoms with E-state index in [0.717, 1.165) is 6.42 Å². The van der Waals surface area contributed by atoms with E-state index in [1.165, 1.54) is 5.56 Å². The molecule has 1 N–H and O–H groups in total. The summed E-state index contributed by atoms with van der Waals surface area (Å²) in [6, 6.07) is 11.2. The van der Waals surface area contributed by atoms with Crippen LogP contribution < -0.4 is 5.32 Å². The summed E-state index contributed by atoms with van der Waals surface area (Å²) >= 11 is 0. The predicted octanol–water partition coefficient (Wildman–Crippen LogP) is 2.68. The van der Waals surface area contributed by atoms with Crippen molar-refractivity contribution in [3.05, 3.63) is 48.0 Å². The first-order valence-electron chi connectivity index (χ1n) is 5.87. The SMILES string of the molecule is CC[C@H]1C=C[C@H](OC)[C@@H](c2ccccc2)N1. The Morgan fingerprint density at radius 3 is 2.56 bits per heavy atom. The van der Waals surface area contributed by atoms with Crippen LogP contribution in [-0.4, -0.2) is 19.3 Å². The Morgan fingerprint density at radius 2 is 1.94 bits per heavy atom. The van der Waals surface area contributed by atoms with Crippen molar-refractivity contribution in [1.82, 2.24) is 5.32 Å². The van der Waals surface area contributed by atoms with Gasteiger partial charge in [-0.1, -0.05) is 49.4 Å². The van der Waals surface area contributed by atoms with Crippen molar-refractivity contribution in [3.63, 3.8) is 0 Å². The van der Waals surface area contributed by atoms with Crippen LogP contribution in [0, 0.1) is 0 Å². The lowest BCUT2D eigenvalue weighted by molar-refractivity contribution is 0.0958. The number of nitrogens with one attached hydrogen (secondary N) is 1. The molecule has 0 spiro atoms. The van der Waals surface area contributed by atoms with Gasteiger partial charge in [-0.2, -0.15) is 0 Å². The summed E-state index contributed by atoms with van der Waals surface area (Å²) in [4.78, 5) is 0. The maximum atomic E-state index is 5.50. The summed E-state index contributed by atoms with van der Waals surface area (Å²) < 4.78 is 5.50. The van der Waals surface area contributed by atoms with E-state index >= 15 is 0 Å². The molecule has 1 aliphatic rings. The third-order valence-electron chi connectivity index (χ3n) is 3.13. The molecule has 0 saturated carbocycles. The van der Waals surface area contributed by atoms with E-state index in [1.54, 1.807) is 7.11 Å². The van der Waals surface area contributed by atoms with E-state index in [0.29, 0.717) is 6.04 Å². The van der Waals surface area contributed by atoms with Gasteiger partial charge in [-0.05, 0) is 12.0 Å². The third kappa shape index (κ3) is 2.34. The summed E-state index contributed by atoms with van der Waals surface area (Å²) in [5.74, 6) is 0. The molecule has 1 aliphatic heterocycles. The molecule has 16 heavy (non-hydrogen) atoms. The second kappa shape index (κ2) is 5.28. The lowest BCUT2D eigenvalue weighted by Crippen LogP contribution is -2.41. The Labute approximate surface area is 97.3 Å². The van der Waals surface area contributed by atoms with Crippen molar-refractivity contribution in [1.29, 1.82) is 0 Å². The molecule has 0 fully saturated rings. The molecule has 0 aromatic heterocycles. The molecule has 2 rings (SSSR count). The normalized spacial score (nSPS) is 29.2. The fourth-order valence-electron chi connectivity index (χ4n) is 2.15. The van der Waals surface area contributed by atoms with E-state index in [4.69, 9.17) is 4.74 Å². The number of benzene rings is 1. The van der Waals surface area contributed by atoms with Gasteiger partial charge in [0, 0.05) is 13.2 Å². The van der Waals surface area contributed by atoms with Crippen LogP contribution in [-0.2, 0) is 4.74 Å². The number of hydrogen-bond acceptors (Lipinski definition) is 2. The van der Waals surface area contributed by atoms with Crippen molar-refractivity contribution in [2.24, 2.45) is 0 Å². The molecule has 0 aliphatic carbocycles. The van der Waals surface area contributed by atoms with Crippen LogP contribution in [0.2, 0.25) is 0 Å². The van der Waals surface area contributed by atoms with Crippen molar-refractivity contribution in [2.75, 3.05) is 7.11 Å². The quantitative estimate of drug-likeness (QED) is 0.786. The third-order valence-corrected chi connectivity index (χ3v) is 3.13. The van der Waals surface area contributed by atoms with E-state index in [9.17, 15) is 0 Å². The zero-order chi connectivity index (χ0) is 11.4. The smallest absolute Gasteiger partial charge is 0.0947 e. The molecular weight excluding hydrogens is 198 g/mol. The summed E-state index contributed by atoms with van der Waals surface area (Å²) in [6.07, 6.45) is 5.61. The minimum atomic E-state index is 0.130. The first-order chi connectivity index (χ1) is 7.85. The van der Waals surface area contributed by atoms with Gasteiger partial charge in [-0.3, -0.25) is 0 Å². The molecular formula is C14H19NO. The van der Waals surface area contributed by atoms with Crippen molar-refractivity contribution in [3.8, 4) is 0 Å². The van der Waals surface area contributed by atoms with E-state index in [1.807, 2.05) is 6.07 Å². The van der Waals surface area contributed by atoms with Crippen LogP contribution in [0.25, 0.3) is 0 Å². The second-order valence-electron chi connectivity index (χ2n) is 4.15. The molecule has 86 valence electrons. The molecule has 0 radical (unpaired) electrons. The Bertz CT molecular complexity index is 347. The predicted molar refractivity (Wildman–Crippen MR) is 66.3 cm³/mol. The highest BCUT2D eigenvalue weighted by Gasteiger charge is 2.25. The van der Waals surface area contributed by atoms with Crippen LogP contribution in [0.15, 0.2) is 42.5 Å². The number of rotatable bonds is 3. The average Bonchev–Trinajstić information content (AvgIpc) is 2.39.